The molecule has 0 spiro atoms. The number of likely N-dealkylation sites (tertiary alicyclic amines) is 2. The van der Waals surface area contributed by atoms with Gasteiger partial charge in [0.25, 0.3) is 0 Å². The highest BCUT2D eigenvalue weighted by Gasteiger charge is 2.54. The van der Waals surface area contributed by atoms with Crippen LogP contribution in [-0.2, 0) is 9.53 Å². The van der Waals surface area contributed by atoms with E-state index in [1.165, 1.54) is 0 Å². The van der Waals surface area contributed by atoms with Crippen LogP contribution in [-0.4, -0.2) is 75.5 Å². The fraction of sp³-hybridized carbons (Fsp3) is 0.867. The third kappa shape index (κ3) is 3.52. The van der Waals surface area contributed by atoms with Gasteiger partial charge in [0.1, 0.15) is 5.60 Å². The number of hydrogen-bond donors (Lipinski definition) is 2. The predicted molar refractivity (Wildman–Crippen MR) is 79.6 cm³/mol. The first kappa shape index (κ1) is 17.0. The highest BCUT2D eigenvalue weighted by Crippen LogP contribution is 2.37. The lowest BCUT2D eigenvalue weighted by Crippen LogP contribution is -2.73. The summed E-state index contributed by atoms with van der Waals surface area (Å²) < 4.78 is 5.33. The summed E-state index contributed by atoms with van der Waals surface area (Å²) in [6.07, 6.45) is 1.37. The van der Waals surface area contributed by atoms with Crippen molar-refractivity contribution in [3.05, 3.63) is 0 Å². The molecule has 0 aromatic heterocycles. The lowest BCUT2D eigenvalue weighted by atomic mass is 9.84. The maximum absolute atomic E-state index is 12.1. The lowest BCUT2D eigenvalue weighted by Gasteiger charge is -2.55. The zero-order valence-corrected chi connectivity index (χ0v) is 13.5. The molecule has 0 bridgehead atoms. The van der Waals surface area contributed by atoms with Gasteiger partial charge in [-0.2, -0.15) is 0 Å². The standard InChI is InChI=1S/C15H26N2O5/c1-14(2,3)22-13(21)16-9-15(10-16,7-12(19)20)17-6-4-5-11(17)8-18/h11,18H,4-10H2,1-3H3,(H,19,20). The molecular weight excluding hydrogens is 288 g/mol. The third-order valence-corrected chi connectivity index (χ3v) is 4.30. The molecule has 2 saturated heterocycles. The largest absolute Gasteiger partial charge is 0.481 e. The highest BCUT2D eigenvalue weighted by atomic mass is 16.6. The minimum Gasteiger partial charge on any atom is -0.481 e. The van der Waals surface area contributed by atoms with Gasteiger partial charge in [0, 0.05) is 19.1 Å². The summed E-state index contributed by atoms with van der Waals surface area (Å²) in [5, 5.41) is 18.7. The maximum Gasteiger partial charge on any atom is 0.410 e. The number of carbonyl (C=O) groups excluding carboxylic acids is 1. The summed E-state index contributed by atoms with van der Waals surface area (Å²) in [6.45, 7) is 6.87. The summed E-state index contributed by atoms with van der Waals surface area (Å²) >= 11 is 0. The molecule has 1 unspecified atom stereocenters. The van der Waals surface area contributed by atoms with Gasteiger partial charge in [-0.25, -0.2) is 4.79 Å². The topological polar surface area (TPSA) is 90.3 Å². The van der Waals surface area contributed by atoms with Gasteiger partial charge >= 0.3 is 12.1 Å². The Labute approximate surface area is 130 Å². The summed E-state index contributed by atoms with van der Waals surface area (Å²) in [7, 11) is 0. The van der Waals surface area contributed by atoms with E-state index < -0.39 is 23.2 Å². The van der Waals surface area contributed by atoms with Crippen LogP contribution in [0.5, 0.6) is 0 Å². The van der Waals surface area contributed by atoms with Crippen molar-refractivity contribution < 1.29 is 24.5 Å². The molecule has 126 valence electrons. The number of aliphatic carboxylic acids is 1. The van der Waals surface area contributed by atoms with Crippen molar-refractivity contribution in [3.63, 3.8) is 0 Å². The van der Waals surface area contributed by atoms with E-state index in [1.54, 1.807) is 25.7 Å². The van der Waals surface area contributed by atoms with E-state index in [0.29, 0.717) is 13.1 Å². The molecule has 0 aromatic rings. The van der Waals surface area contributed by atoms with E-state index in [2.05, 4.69) is 4.90 Å². The van der Waals surface area contributed by atoms with Crippen LogP contribution in [0.3, 0.4) is 0 Å². The molecular formula is C15H26N2O5. The number of hydrogen-bond acceptors (Lipinski definition) is 5. The van der Waals surface area contributed by atoms with E-state index in [9.17, 15) is 19.8 Å². The van der Waals surface area contributed by atoms with Crippen LogP contribution in [0.1, 0.15) is 40.0 Å². The number of aliphatic hydroxyl groups is 1. The highest BCUT2D eigenvalue weighted by molar-refractivity contribution is 5.73. The first-order valence-corrected chi connectivity index (χ1v) is 7.74. The average molecular weight is 314 g/mol. The van der Waals surface area contributed by atoms with Crippen molar-refractivity contribution in [1.29, 1.82) is 0 Å². The molecule has 2 aliphatic rings. The zero-order chi connectivity index (χ0) is 16.5. The molecule has 0 saturated carbocycles. The molecule has 1 atom stereocenters. The van der Waals surface area contributed by atoms with Gasteiger partial charge in [0.2, 0.25) is 0 Å². The second-order valence-electron chi connectivity index (χ2n) is 7.30. The van der Waals surface area contributed by atoms with Crippen molar-refractivity contribution in [2.75, 3.05) is 26.2 Å². The summed E-state index contributed by atoms with van der Waals surface area (Å²) in [5.74, 6) is -0.882. The van der Waals surface area contributed by atoms with Crippen molar-refractivity contribution in [3.8, 4) is 0 Å². The van der Waals surface area contributed by atoms with Gasteiger partial charge in [-0.05, 0) is 40.2 Å². The second-order valence-corrected chi connectivity index (χ2v) is 7.30. The molecule has 22 heavy (non-hydrogen) atoms. The maximum atomic E-state index is 12.1. The first-order chi connectivity index (χ1) is 10.2. The molecule has 0 aromatic carbocycles. The first-order valence-electron chi connectivity index (χ1n) is 7.74. The van der Waals surface area contributed by atoms with Crippen LogP contribution in [0.25, 0.3) is 0 Å². The van der Waals surface area contributed by atoms with E-state index in [-0.39, 0.29) is 19.1 Å². The van der Waals surface area contributed by atoms with Crippen LogP contribution >= 0.6 is 0 Å². The van der Waals surface area contributed by atoms with Crippen molar-refractivity contribution in [2.24, 2.45) is 0 Å². The number of amides is 1. The van der Waals surface area contributed by atoms with E-state index >= 15 is 0 Å². The number of nitrogens with zero attached hydrogens (tertiary/aromatic N) is 2. The molecule has 1 amide bonds. The molecule has 7 nitrogen and oxygen atoms in total. The number of aliphatic hydroxyl groups excluding tert-OH is 1. The van der Waals surface area contributed by atoms with E-state index in [4.69, 9.17) is 4.74 Å². The Balaban J connectivity index is 2.05. The minimum atomic E-state index is -0.882. The Morgan fingerprint density at radius 2 is 1.95 bits per heavy atom. The van der Waals surface area contributed by atoms with Crippen LogP contribution < -0.4 is 0 Å². The predicted octanol–water partition coefficient (Wildman–Crippen LogP) is 0.907. The Kier molecular flexibility index (Phi) is 4.67. The van der Waals surface area contributed by atoms with Crippen LogP contribution in [0.4, 0.5) is 4.79 Å². The Morgan fingerprint density at radius 3 is 2.45 bits per heavy atom. The van der Waals surface area contributed by atoms with Gasteiger partial charge < -0.3 is 19.8 Å². The van der Waals surface area contributed by atoms with Gasteiger partial charge in [0.15, 0.2) is 0 Å². The number of carbonyl (C=O) groups is 2. The summed E-state index contributed by atoms with van der Waals surface area (Å²) in [4.78, 5) is 26.9. The molecule has 2 heterocycles. The quantitative estimate of drug-likeness (QED) is 0.801. The summed E-state index contributed by atoms with van der Waals surface area (Å²) in [5.41, 5.74) is -1.14. The molecule has 0 aliphatic carbocycles. The SMILES string of the molecule is CC(C)(C)OC(=O)N1CC(CC(=O)O)(N2CCCC2CO)C1. The molecule has 2 fully saturated rings. The zero-order valence-electron chi connectivity index (χ0n) is 13.5. The van der Waals surface area contributed by atoms with Gasteiger partial charge in [-0.1, -0.05) is 0 Å². The second kappa shape index (κ2) is 6.04. The Hall–Kier alpha value is -1.34. The number of ether oxygens (including phenoxy) is 1. The van der Waals surface area contributed by atoms with Crippen molar-refractivity contribution in [1.82, 2.24) is 9.80 Å². The fourth-order valence-electron chi connectivity index (χ4n) is 3.45. The van der Waals surface area contributed by atoms with Gasteiger partial charge in [0.05, 0.1) is 18.6 Å². The third-order valence-electron chi connectivity index (χ3n) is 4.30. The van der Waals surface area contributed by atoms with Crippen LogP contribution in [0.2, 0.25) is 0 Å². The number of rotatable bonds is 4. The normalized spacial score (nSPS) is 24.9. The molecule has 7 heteroatoms. The minimum absolute atomic E-state index is 0.0138. The fourth-order valence-corrected chi connectivity index (χ4v) is 3.45. The lowest BCUT2D eigenvalue weighted by molar-refractivity contribution is -0.147. The van der Waals surface area contributed by atoms with Crippen LogP contribution in [0, 0.1) is 0 Å². The monoisotopic (exact) mass is 314 g/mol. The van der Waals surface area contributed by atoms with E-state index in [0.717, 1.165) is 19.4 Å². The Morgan fingerprint density at radius 1 is 1.32 bits per heavy atom. The number of carboxylic acids is 1. The molecule has 0 radical (unpaired) electrons. The molecule has 2 aliphatic heterocycles. The average Bonchev–Trinajstić information content (AvgIpc) is 2.78. The van der Waals surface area contributed by atoms with Gasteiger partial charge in [-0.15, -0.1) is 0 Å². The Bertz CT molecular complexity index is 440. The summed E-state index contributed by atoms with van der Waals surface area (Å²) in [6, 6.07) is -0.0138. The van der Waals surface area contributed by atoms with Crippen molar-refractivity contribution >= 4 is 12.1 Å². The molecule has 2 rings (SSSR count). The van der Waals surface area contributed by atoms with E-state index in [1.807, 2.05) is 0 Å². The molecule has 2 N–H and O–H groups in total. The smallest absolute Gasteiger partial charge is 0.410 e. The van der Waals surface area contributed by atoms with Gasteiger partial charge in [-0.3, -0.25) is 9.69 Å². The number of carboxylic acid groups (broad SMARTS) is 1. The van der Waals surface area contributed by atoms with Crippen LogP contribution in [0.15, 0.2) is 0 Å². The van der Waals surface area contributed by atoms with Crippen molar-refractivity contribution in [2.45, 2.75) is 57.2 Å².